The van der Waals surface area contributed by atoms with Crippen LogP contribution in [0.5, 0.6) is 17.2 Å². The lowest BCUT2D eigenvalue weighted by molar-refractivity contribution is 0.425. The van der Waals surface area contributed by atoms with Crippen molar-refractivity contribution < 1.29 is 15.3 Å². The van der Waals surface area contributed by atoms with Crippen molar-refractivity contribution in [2.24, 2.45) is 0 Å². The summed E-state index contributed by atoms with van der Waals surface area (Å²) in [7, 11) is 0. The maximum absolute atomic E-state index is 11.6. The summed E-state index contributed by atoms with van der Waals surface area (Å²) in [6.07, 6.45) is 0.505. The molecule has 0 aliphatic heterocycles. The van der Waals surface area contributed by atoms with E-state index in [0.717, 1.165) is 38.9 Å². The molecular formula is C33H28O3. The molecule has 178 valence electrons. The Labute approximate surface area is 211 Å². The molecule has 0 saturated carbocycles. The van der Waals surface area contributed by atoms with Crippen LogP contribution in [0.3, 0.4) is 0 Å². The van der Waals surface area contributed by atoms with Crippen molar-refractivity contribution in [1.82, 2.24) is 0 Å². The molecule has 5 aromatic rings. The van der Waals surface area contributed by atoms with Crippen molar-refractivity contribution in [2.45, 2.75) is 18.8 Å². The standard InChI is InChI=1S/C33H28O3/c1-33(22-23-18-20-26(34)21-19-23,29-16-8-14-27(31(29)35)24-10-4-2-5-11-24)30-17-9-15-28(32(30)36)25-12-6-3-7-13-25/h2-21,34-36H,22H2,1H3. The molecule has 0 atom stereocenters. The third-order valence-electron chi connectivity index (χ3n) is 6.92. The van der Waals surface area contributed by atoms with Gasteiger partial charge in [0.1, 0.15) is 17.2 Å². The van der Waals surface area contributed by atoms with E-state index in [1.54, 1.807) is 12.1 Å². The number of benzene rings is 5. The van der Waals surface area contributed by atoms with E-state index in [0.29, 0.717) is 6.42 Å². The average molecular weight is 473 g/mol. The molecule has 0 spiro atoms. The Morgan fingerprint density at radius 2 is 0.944 bits per heavy atom. The van der Waals surface area contributed by atoms with E-state index in [4.69, 9.17) is 0 Å². The molecule has 3 N–H and O–H groups in total. The Kier molecular flexibility index (Phi) is 6.22. The van der Waals surface area contributed by atoms with Gasteiger partial charge in [0, 0.05) is 27.7 Å². The van der Waals surface area contributed by atoms with Crippen LogP contribution in [0.15, 0.2) is 121 Å². The smallest absolute Gasteiger partial charge is 0.127 e. The Morgan fingerprint density at radius 1 is 0.500 bits per heavy atom. The second kappa shape index (κ2) is 9.63. The Balaban J connectivity index is 1.73. The second-order valence-electron chi connectivity index (χ2n) is 9.31. The maximum atomic E-state index is 11.6. The molecule has 0 radical (unpaired) electrons. The van der Waals surface area contributed by atoms with Gasteiger partial charge in [-0.15, -0.1) is 0 Å². The molecule has 0 saturated heterocycles. The van der Waals surface area contributed by atoms with Gasteiger partial charge in [-0.2, -0.15) is 0 Å². The van der Waals surface area contributed by atoms with Crippen molar-refractivity contribution >= 4 is 0 Å². The molecule has 5 aromatic carbocycles. The van der Waals surface area contributed by atoms with Gasteiger partial charge in [0.05, 0.1) is 0 Å². The van der Waals surface area contributed by atoms with Gasteiger partial charge in [-0.3, -0.25) is 0 Å². The molecule has 0 aliphatic carbocycles. The number of para-hydroxylation sites is 2. The summed E-state index contributed by atoms with van der Waals surface area (Å²) in [6, 6.07) is 38.3. The van der Waals surface area contributed by atoms with Gasteiger partial charge in [0.2, 0.25) is 0 Å². The van der Waals surface area contributed by atoms with Crippen LogP contribution in [0.4, 0.5) is 0 Å². The predicted octanol–water partition coefficient (Wildman–Crippen LogP) is 7.69. The monoisotopic (exact) mass is 472 g/mol. The minimum Gasteiger partial charge on any atom is -0.508 e. The first kappa shape index (κ1) is 23.3. The summed E-state index contributed by atoms with van der Waals surface area (Å²) in [6.45, 7) is 2.05. The highest BCUT2D eigenvalue weighted by Crippen LogP contribution is 2.48. The van der Waals surface area contributed by atoms with E-state index < -0.39 is 5.41 Å². The van der Waals surface area contributed by atoms with E-state index >= 15 is 0 Å². The zero-order chi connectivity index (χ0) is 25.1. The van der Waals surface area contributed by atoms with Crippen molar-refractivity contribution in [3.8, 4) is 39.5 Å². The van der Waals surface area contributed by atoms with E-state index in [2.05, 4.69) is 0 Å². The highest BCUT2D eigenvalue weighted by atomic mass is 16.3. The lowest BCUT2D eigenvalue weighted by Gasteiger charge is -2.33. The fraction of sp³-hybridized carbons (Fsp3) is 0.0909. The highest BCUT2D eigenvalue weighted by Gasteiger charge is 2.35. The molecule has 0 unspecified atom stereocenters. The summed E-state index contributed by atoms with van der Waals surface area (Å²) in [5, 5.41) is 33.1. The molecule has 5 rings (SSSR count). The average Bonchev–Trinajstić information content (AvgIpc) is 2.91. The molecule has 0 amide bonds. The molecule has 0 bridgehead atoms. The maximum Gasteiger partial charge on any atom is 0.127 e. The number of phenolic OH excluding ortho intramolecular Hbond substituents is 3. The van der Waals surface area contributed by atoms with E-state index in [9.17, 15) is 15.3 Å². The minimum atomic E-state index is -0.777. The molecule has 0 aromatic heterocycles. The first-order chi connectivity index (χ1) is 17.5. The lowest BCUT2D eigenvalue weighted by atomic mass is 9.70. The van der Waals surface area contributed by atoms with Crippen LogP contribution < -0.4 is 0 Å². The van der Waals surface area contributed by atoms with Crippen LogP contribution >= 0.6 is 0 Å². The zero-order valence-electron chi connectivity index (χ0n) is 20.1. The van der Waals surface area contributed by atoms with Gasteiger partial charge >= 0.3 is 0 Å². The van der Waals surface area contributed by atoms with Crippen molar-refractivity contribution in [3.63, 3.8) is 0 Å². The molecule has 3 nitrogen and oxygen atoms in total. The Morgan fingerprint density at radius 3 is 1.39 bits per heavy atom. The van der Waals surface area contributed by atoms with Gasteiger partial charge in [-0.25, -0.2) is 0 Å². The normalized spacial score (nSPS) is 11.4. The van der Waals surface area contributed by atoms with Crippen LogP contribution in [-0.4, -0.2) is 15.3 Å². The number of hydrogen-bond donors (Lipinski definition) is 3. The molecule has 0 fully saturated rings. The van der Waals surface area contributed by atoms with E-state index in [1.807, 2.05) is 116 Å². The Bertz CT molecular complexity index is 1380. The lowest BCUT2D eigenvalue weighted by Crippen LogP contribution is -2.27. The van der Waals surface area contributed by atoms with Crippen LogP contribution in [0.1, 0.15) is 23.6 Å². The number of rotatable bonds is 6. The fourth-order valence-corrected chi connectivity index (χ4v) is 5.04. The predicted molar refractivity (Wildman–Crippen MR) is 145 cm³/mol. The van der Waals surface area contributed by atoms with Crippen LogP contribution in [0.2, 0.25) is 0 Å². The zero-order valence-corrected chi connectivity index (χ0v) is 20.1. The Hall–Kier alpha value is -4.50. The van der Waals surface area contributed by atoms with Crippen molar-refractivity contribution in [3.05, 3.63) is 138 Å². The second-order valence-corrected chi connectivity index (χ2v) is 9.31. The highest BCUT2D eigenvalue weighted by molar-refractivity contribution is 5.76. The minimum absolute atomic E-state index is 0.189. The van der Waals surface area contributed by atoms with Crippen molar-refractivity contribution in [2.75, 3.05) is 0 Å². The van der Waals surface area contributed by atoms with Crippen LogP contribution in [0.25, 0.3) is 22.3 Å². The number of phenols is 3. The van der Waals surface area contributed by atoms with Gasteiger partial charge < -0.3 is 15.3 Å². The quantitative estimate of drug-likeness (QED) is 0.237. The third-order valence-corrected chi connectivity index (χ3v) is 6.92. The van der Waals surface area contributed by atoms with Gasteiger partial charge in [-0.1, -0.05) is 116 Å². The number of aromatic hydroxyl groups is 3. The molecule has 36 heavy (non-hydrogen) atoms. The van der Waals surface area contributed by atoms with Gasteiger partial charge in [0.25, 0.3) is 0 Å². The summed E-state index contributed by atoms with van der Waals surface area (Å²) in [4.78, 5) is 0. The first-order valence-electron chi connectivity index (χ1n) is 12.0. The molecule has 3 heteroatoms. The molecule has 0 heterocycles. The summed E-state index contributed by atoms with van der Waals surface area (Å²) < 4.78 is 0. The number of hydrogen-bond acceptors (Lipinski definition) is 3. The first-order valence-corrected chi connectivity index (χ1v) is 12.0. The van der Waals surface area contributed by atoms with Gasteiger partial charge in [-0.05, 0) is 35.2 Å². The van der Waals surface area contributed by atoms with Crippen molar-refractivity contribution in [1.29, 1.82) is 0 Å². The van der Waals surface area contributed by atoms with Crippen LogP contribution in [-0.2, 0) is 11.8 Å². The topological polar surface area (TPSA) is 60.7 Å². The molecule has 0 aliphatic rings. The largest absolute Gasteiger partial charge is 0.508 e. The third kappa shape index (κ3) is 4.32. The van der Waals surface area contributed by atoms with E-state index in [1.165, 1.54) is 0 Å². The molecular weight excluding hydrogens is 444 g/mol. The summed E-state index contributed by atoms with van der Waals surface area (Å²) in [5.41, 5.74) is 4.96. The fourth-order valence-electron chi connectivity index (χ4n) is 5.04. The van der Waals surface area contributed by atoms with Gasteiger partial charge in [0.15, 0.2) is 0 Å². The summed E-state index contributed by atoms with van der Waals surface area (Å²) >= 11 is 0. The SMILES string of the molecule is CC(Cc1ccc(O)cc1)(c1cccc(-c2ccccc2)c1O)c1cccc(-c2ccccc2)c1O. The summed E-state index contributed by atoms with van der Waals surface area (Å²) in [5.74, 6) is 0.576. The van der Waals surface area contributed by atoms with E-state index in [-0.39, 0.29) is 17.2 Å². The van der Waals surface area contributed by atoms with Crippen LogP contribution in [0, 0.1) is 0 Å².